The van der Waals surface area contributed by atoms with Crippen molar-refractivity contribution >= 4 is 16.6 Å². The Labute approximate surface area is 112 Å². The summed E-state index contributed by atoms with van der Waals surface area (Å²) in [6.07, 6.45) is 0.852. The Balaban J connectivity index is 2.27. The van der Waals surface area contributed by atoms with Gasteiger partial charge in [0.05, 0.1) is 0 Å². The molecular formula is C16H15N3. The first-order valence-corrected chi connectivity index (χ1v) is 6.39. The van der Waals surface area contributed by atoms with Crippen molar-refractivity contribution in [1.82, 2.24) is 9.97 Å². The zero-order chi connectivity index (χ0) is 13.2. The number of benzene rings is 2. The van der Waals surface area contributed by atoms with E-state index >= 15 is 0 Å². The Morgan fingerprint density at radius 1 is 1.00 bits per heavy atom. The molecule has 19 heavy (non-hydrogen) atoms. The quantitative estimate of drug-likeness (QED) is 0.757. The van der Waals surface area contributed by atoms with Crippen LogP contribution in [-0.4, -0.2) is 9.97 Å². The normalized spacial score (nSPS) is 10.8. The first-order chi connectivity index (χ1) is 9.28. The zero-order valence-electron chi connectivity index (χ0n) is 10.8. The predicted octanol–water partition coefficient (Wildman–Crippen LogP) is 3.44. The highest BCUT2D eigenvalue weighted by Crippen LogP contribution is 2.26. The van der Waals surface area contributed by atoms with Gasteiger partial charge in [-0.1, -0.05) is 49.4 Å². The van der Waals surface area contributed by atoms with Crippen LogP contribution in [0.3, 0.4) is 0 Å². The predicted molar refractivity (Wildman–Crippen MR) is 78.8 cm³/mol. The van der Waals surface area contributed by atoms with Gasteiger partial charge in [0.15, 0.2) is 5.82 Å². The molecule has 0 aliphatic rings. The van der Waals surface area contributed by atoms with Crippen molar-refractivity contribution < 1.29 is 0 Å². The van der Waals surface area contributed by atoms with Crippen molar-refractivity contribution in [1.29, 1.82) is 0 Å². The summed E-state index contributed by atoms with van der Waals surface area (Å²) in [5, 5.41) is 2.33. The van der Waals surface area contributed by atoms with Crippen molar-refractivity contribution in [2.24, 2.45) is 0 Å². The Morgan fingerprint density at radius 3 is 2.63 bits per heavy atom. The Bertz CT molecular complexity index is 730. The second-order valence-corrected chi connectivity index (χ2v) is 4.49. The molecule has 2 N–H and O–H groups in total. The van der Waals surface area contributed by atoms with Crippen LogP contribution in [0, 0.1) is 0 Å². The number of hydrogen-bond acceptors (Lipinski definition) is 3. The van der Waals surface area contributed by atoms with Gasteiger partial charge >= 0.3 is 0 Å². The molecule has 3 heteroatoms. The van der Waals surface area contributed by atoms with Crippen molar-refractivity contribution in [2.75, 3.05) is 5.73 Å². The number of nitrogen functional groups attached to an aromatic ring is 1. The molecule has 0 fully saturated rings. The molecule has 0 aliphatic carbocycles. The Kier molecular flexibility index (Phi) is 2.88. The number of nitrogens with zero attached hydrogens (tertiary/aromatic N) is 2. The third-order valence-electron chi connectivity index (χ3n) is 3.19. The van der Waals surface area contributed by atoms with E-state index in [0.29, 0.717) is 11.6 Å². The standard InChI is InChI=1S/C16H15N3/c1-2-12-10-15(17)19-16(18-12)14-9-5-7-11-6-3-4-8-13(11)14/h3-10H,2H2,1H3,(H2,17,18,19). The molecule has 3 nitrogen and oxygen atoms in total. The highest BCUT2D eigenvalue weighted by Gasteiger charge is 2.08. The second-order valence-electron chi connectivity index (χ2n) is 4.49. The summed E-state index contributed by atoms with van der Waals surface area (Å²) >= 11 is 0. The summed E-state index contributed by atoms with van der Waals surface area (Å²) in [7, 11) is 0. The van der Waals surface area contributed by atoms with Crippen LogP contribution in [0.25, 0.3) is 22.2 Å². The smallest absolute Gasteiger partial charge is 0.162 e. The third kappa shape index (κ3) is 2.15. The van der Waals surface area contributed by atoms with Crippen LogP contribution in [0.4, 0.5) is 5.82 Å². The fraction of sp³-hybridized carbons (Fsp3) is 0.125. The monoisotopic (exact) mass is 249 g/mol. The molecule has 0 saturated carbocycles. The molecule has 0 atom stereocenters. The summed E-state index contributed by atoms with van der Waals surface area (Å²) < 4.78 is 0. The van der Waals surface area contributed by atoms with Crippen molar-refractivity contribution in [3.63, 3.8) is 0 Å². The maximum atomic E-state index is 5.87. The second kappa shape index (κ2) is 4.69. The molecule has 1 heterocycles. The number of aryl methyl sites for hydroxylation is 1. The first kappa shape index (κ1) is 11.7. The fourth-order valence-corrected chi connectivity index (χ4v) is 2.24. The van der Waals surface area contributed by atoms with E-state index in [2.05, 4.69) is 35.1 Å². The van der Waals surface area contributed by atoms with Crippen LogP contribution in [0.2, 0.25) is 0 Å². The molecule has 0 aliphatic heterocycles. The minimum Gasteiger partial charge on any atom is -0.384 e. The average molecular weight is 249 g/mol. The van der Waals surface area contributed by atoms with E-state index in [1.807, 2.05) is 30.3 Å². The highest BCUT2D eigenvalue weighted by molar-refractivity contribution is 5.95. The van der Waals surface area contributed by atoms with Gasteiger partial charge in [-0.05, 0) is 17.2 Å². The molecular weight excluding hydrogens is 234 g/mol. The maximum Gasteiger partial charge on any atom is 0.162 e. The van der Waals surface area contributed by atoms with Crippen molar-refractivity contribution in [3.05, 3.63) is 54.2 Å². The average Bonchev–Trinajstić information content (AvgIpc) is 2.46. The molecule has 94 valence electrons. The van der Waals surface area contributed by atoms with E-state index in [-0.39, 0.29) is 0 Å². The van der Waals surface area contributed by atoms with Gasteiger partial charge in [-0.3, -0.25) is 0 Å². The molecule has 0 spiro atoms. The Morgan fingerprint density at radius 2 is 1.79 bits per heavy atom. The van der Waals surface area contributed by atoms with Crippen molar-refractivity contribution in [2.45, 2.75) is 13.3 Å². The summed E-state index contributed by atoms with van der Waals surface area (Å²) in [6, 6.07) is 16.2. The van der Waals surface area contributed by atoms with Crippen LogP contribution in [-0.2, 0) is 6.42 Å². The maximum absolute atomic E-state index is 5.87. The van der Waals surface area contributed by atoms with Gasteiger partial charge in [-0.2, -0.15) is 0 Å². The van der Waals surface area contributed by atoms with E-state index in [1.54, 1.807) is 0 Å². The molecule has 0 unspecified atom stereocenters. The van der Waals surface area contributed by atoms with Gasteiger partial charge in [0, 0.05) is 17.3 Å². The molecule has 3 aromatic rings. The molecule has 0 bridgehead atoms. The number of fused-ring (bicyclic) bond motifs is 1. The summed E-state index contributed by atoms with van der Waals surface area (Å²) in [5.41, 5.74) is 7.86. The highest BCUT2D eigenvalue weighted by atomic mass is 14.9. The molecule has 2 aromatic carbocycles. The number of nitrogens with two attached hydrogens (primary N) is 1. The lowest BCUT2D eigenvalue weighted by atomic mass is 10.0. The molecule has 3 rings (SSSR count). The van der Waals surface area contributed by atoms with Crippen LogP contribution < -0.4 is 5.73 Å². The van der Waals surface area contributed by atoms with Crippen molar-refractivity contribution in [3.8, 4) is 11.4 Å². The van der Waals surface area contributed by atoms with Crippen LogP contribution >= 0.6 is 0 Å². The van der Waals surface area contributed by atoms with Crippen LogP contribution in [0.5, 0.6) is 0 Å². The lowest BCUT2D eigenvalue weighted by Gasteiger charge is -2.07. The lowest BCUT2D eigenvalue weighted by Crippen LogP contribution is -1.99. The molecule has 0 radical (unpaired) electrons. The topological polar surface area (TPSA) is 51.8 Å². The van der Waals surface area contributed by atoms with E-state index < -0.39 is 0 Å². The molecule has 0 saturated heterocycles. The largest absolute Gasteiger partial charge is 0.384 e. The van der Waals surface area contributed by atoms with E-state index in [0.717, 1.165) is 23.1 Å². The van der Waals surface area contributed by atoms with Gasteiger partial charge in [0.1, 0.15) is 5.82 Å². The SMILES string of the molecule is CCc1cc(N)nc(-c2cccc3ccccc23)n1. The van der Waals surface area contributed by atoms with Crippen LogP contribution in [0.15, 0.2) is 48.5 Å². The number of hydrogen-bond donors (Lipinski definition) is 1. The van der Waals surface area contributed by atoms with Gasteiger partial charge in [0.2, 0.25) is 0 Å². The number of anilines is 1. The van der Waals surface area contributed by atoms with Gasteiger partial charge in [-0.25, -0.2) is 9.97 Å². The number of rotatable bonds is 2. The van der Waals surface area contributed by atoms with Gasteiger partial charge in [-0.15, -0.1) is 0 Å². The van der Waals surface area contributed by atoms with E-state index in [4.69, 9.17) is 5.73 Å². The third-order valence-corrected chi connectivity index (χ3v) is 3.19. The lowest BCUT2D eigenvalue weighted by molar-refractivity contribution is 1.01. The summed E-state index contributed by atoms with van der Waals surface area (Å²) in [5.74, 6) is 1.23. The Hall–Kier alpha value is -2.42. The van der Waals surface area contributed by atoms with E-state index in [1.165, 1.54) is 5.39 Å². The van der Waals surface area contributed by atoms with E-state index in [9.17, 15) is 0 Å². The molecule has 0 amide bonds. The summed E-state index contributed by atoms with van der Waals surface area (Å²) in [6.45, 7) is 2.06. The molecule has 1 aromatic heterocycles. The minimum atomic E-state index is 0.523. The first-order valence-electron chi connectivity index (χ1n) is 6.39. The minimum absolute atomic E-state index is 0.523. The number of aromatic nitrogens is 2. The summed E-state index contributed by atoms with van der Waals surface area (Å²) in [4.78, 5) is 8.95. The van der Waals surface area contributed by atoms with Gasteiger partial charge < -0.3 is 5.73 Å². The zero-order valence-corrected chi connectivity index (χ0v) is 10.8. The van der Waals surface area contributed by atoms with Gasteiger partial charge in [0.25, 0.3) is 0 Å². The van der Waals surface area contributed by atoms with Crippen LogP contribution in [0.1, 0.15) is 12.6 Å². The fourth-order valence-electron chi connectivity index (χ4n) is 2.24.